The molecular weight excluding hydrogens is 204 g/mol. The van der Waals surface area contributed by atoms with Crippen molar-refractivity contribution in [3.8, 4) is 0 Å². The van der Waals surface area contributed by atoms with E-state index < -0.39 is 0 Å². The molecule has 16 heavy (non-hydrogen) atoms. The van der Waals surface area contributed by atoms with Gasteiger partial charge in [0.05, 0.1) is 19.8 Å². The summed E-state index contributed by atoms with van der Waals surface area (Å²) in [6.45, 7) is 1.81. The quantitative estimate of drug-likeness (QED) is 0.705. The van der Waals surface area contributed by atoms with Crippen LogP contribution in [0.1, 0.15) is 17.7 Å². The number of hydrogen-bond donors (Lipinski definition) is 2. The number of hydrogen-bond acceptors (Lipinski definition) is 4. The number of nitrogens with zero attached hydrogens (tertiary/aromatic N) is 1. The molecule has 4 nitrogen and oxygen atoms in total. The molecule has 0 aromatic carbocycles. The van der Waals surface area contributed by atoms with Gasteiger partial charge in [-0.1, -0.05) is 6.07 Å². The molecule has 1 aliphatic rings. The van der Waals surface area contributed by atoms with Gasteiger partial charge in [0.1, 0.15) is 5.82 Å². The lowest BCUT2D eigenvalue weighted by molar-refractivity contribution is 0.0992. The van der Waals surface area contributed by atoms with Gasteiger partial charge in [0, 0.05) is 12.2 Å². The molecule has 1 aromatic heterocycles. The van der Waals surface area contributed by atoms with E-state index in [1.54, 1.807) is 0 Å². The summed E-state index contributed by atoms with van der Waals surface area (Å²) in [6.07, 6.45) is 3.50. The monoisotopic (exact) mass is 222 g/mol. The van der Waals surface area contributed by atoms with E-state index in [-0.39, 0.29) is 6.61 Å². The molecule has 1 heterocycles. The number of fused-ring (bicyclic) bond motifs is 1. The molecule has 0 unspecified atom stereocenters. The Kier molecular flexibility index (Phi) is 4.13. The summed E-state index contributed by atoms with van der Waals surface area (Å²) in [5.41, 5.74) is 2.63. The molecule has 0 amide bonds. The van der Waals surface area contributed by atoms with Crippen molar-refractivity contribution in [2.75, 3.05) is 31.7 Å². The smallest absolute Gasteiger partial charge is 0.126 e. The van der Waals surface area contributed by atoms with Gasteiger partial charge in [-0.3, -0.25) is 0 Å². The summed E-state index contributed by atoms with van der Waals surface area (Å²) in [5, 5.41) is 11.7. The van der Waals surface area contributed by atoms with Crippen LogP contribution in [0.4, 0.5) is 5.82 Å². The maximum Gasteiger partial charge on any atom is 0.126 e. The van der Waals surface area contributed by atoms with Crippen LogP contribution in [0.3, 0.4) is 0 Å². The number of aryl methyl sites for hydroxylation is 2. The molecule has 2 N–H and O–H groups in total. The highest BCUT2D eigenvalue weighted by Gasteiger charge is 2.11. The Hall–Kier alpha value is -1.13. The molecule has 0 radical (unpaired) electrons. The van der Waals surface area contributed by atoms with Crippen molar-refractivity contribution in [2.24, 2.45) is 0 Å². The number of nitrogens with one attached hydrogen (secondary N) is 1. The van der Waals surface area contributed by atoms with Crippen LogP contribution in [0.2, 0.25) is 0 Å². The van der Waals surface area contributed by atoms with Crippen LogP contribution in [0.25, 0.3) is 0 Å². The van der Waals surface area contributed by atoms with E-state index in [1.807, 2.05) is 6.07 Å². The molecule has 4 heteroatoms. The highest BCUT2D eigenvalue weighted by Crippen LogP contribution is 2.21. The fraction of sp³-hybridized carbons (Fsp3) is 0.583. The molecule has 0 aliphatic heterocycles. The number of rotatable bonds is 6. The molecule has 88 valence electrons. The number of ether oxygens (including phenoxy) is 1. The lowest BCUT2D eigenvalue weighted by Crippen LogP contribution is -2.12. The minimum Gasteiger partial charge on any atom is -0.394 e. The van der Waals surface area contributed by atoms with E-state index in [2.05, 4.69) is 16.4 Å². The zero-order valence-corrected chi connectivity index (χ0v) is 9.41. The second-order valence-electron chi connectivity index (χ2n) is 3.92. The fourth-order valence-corrected chi connectivity index (χ4v) is 1.94. The molecular formula is C12H18N2O2. The van der Waals surface area contributed by atoms with Gasteiger partial charge in [0.25, 0.3) is 0 Å². The van der Waals surface area contributed by atoms with Gasteiger partial charge in [-0.25, -0.2) is 4.98 Å². The first kappa shape index (κ1) is 11.4. The number of aromatic nitrogens is 1. The zero-order chi connectivity index (χ0) is 11.2. The molecule has 0 fully saturated rings. The average Bonchev–Trinajstić information content (AvgIpc) is 2.76. The third kappa shape index (κ3) is 2.93. The van der Waals surface area contributed by atoms with Gasteiger partial charge in [-0.05, 0) is 30.9 Å². The predicted molar refractivity (Wildman–Crippen MR) is 62.7 cm³/mol. The Morgan fingerprint density at radius 3 is 3.12 bits per heavy atom. The van der Waals surface area contributed by atoms with Crippen molar-refractivity contribution < 1.29 is 9.84 Å². The van der Waals surface area contributed by atoms with Gasteiger partial charge < -0.3 is 15.2 Å². The third-order valence-corrected chi connectivity index (χ3v) is 2.72. The largest absolute Gasteiger partial charge is 0.394 e. The van der Waals surface area contributed by atoms with E-state index in [1.165, 1.54) is 24.1 Å². The zero-order valence-electron chi connectivity index (χ0n) is 9.41. The molecule has 1 aliphatic carbocycles. The van der Waals surface area contributed by atoms with Crippen LogP contribution in [0.5, 0.6) is 0 Å². The van der Waals surface area contributed by atoms with Crippen molar-refractivity contribution in [3.05, 3.63) is 23.4 Å². The van der Waals surface area contributed by atoms with Gasteiger partial charge in [-0.15, -0.1) is 0 Å². The van der Waals surface area contributed by atoms with Gasteiger partial charge in [0.15, 0.2) is 0 Å². The van der Waals surface area contributed by atoms with E-state index in [0.29, 0.717) is 13.2 Å². The van der Waals surface area contributed by atoms with Crippen molar-refractivity contribution in [2.45, 2.75) is 19.3 Å². The molecule has 0 atom stereocenters. The highest BCUT2D eigenvalue weighted by atomic mass is 16.5. The van der Waals surface area contributed by atoms with E-state index in [4.69, 9.17) is 9.84 Å². The normalized spacial score (nSPS) is 13.8. The van der Waals surface area contributed by atoms with Gasteiger partial charge in [0.2, 0.25) is 0 Å². The summed E-state index contributed by atoms with van der Waals surface area (Å²) >= 11 is 0. The first-order valence-corrected chi connectivity index (χ1v) is 5.81. The van der Waals surface area contributed by atoms with E-state index in [0.717, 1.165) is 18.8 Å². The lowest BCUT2D eigenvalue weighted by Gasteiger charge is -2.07. The predicted octanol–water partition coefficient (Wildman–Crippen LogP) is 0.991. The average molecular weight is 222 g/mol. The van der Waals surface area contributed by atoms with Crippen LogP contribution in [0, 0.1) is 0 Å². The van der Waals surface area contributed by atoms with Crippen LogP contribution < -0.4 is 5.32 Å². The Morgan fingerprint density at radius 1 is 1.31 bits per heavy atom. The Bertz CT molecular complexity index is 342. The Balaban J connectivity index is 1.77. The standard InChI is InChI=1S/C12H18N2O2/c15-7-9-16-8-6-13-12-5-4-10-2-1-3-11(10)14-12/h4-5,15H,1-3,6-9H2,(H,13,14). The van der Waals surface area contributed by atoms with Crippen molar-refractivity contribution in [1.82, 2.24) is 4.98 Å². The van der Waals surface area contributed by atoms with Crippen LogP contribution in [-0.4, -0.2) is 36.5 Å². The Morgan fingerprint density at radius 2 is 2.25 bits per heavy atom. The summed E-state index contributed by atoms with van der Waals surface area (Å²) in [6, 6.07) is 4.18. The first-order valence-electron chi connectivity index (χ1n) is 5.81. The summed E-state index contributed by atoms with van der Waals surface area (Å²) < 4.78 is 5.16. The topological polar surface area (TPSA) is 54.4 Å². The number of aliphatic hydroxyl groups excluding tert-OH is 1. The first-order chi connectivity index (χ1) is 7.90. The maximum absolute atomic E-state index is 8.53. The Labute approximate surface area is 95.7 Å². The molecule has 0 bridgehead atoms. The summed E-state index contributed by atoms with van der Waals surface area (Å²) in [4.78, 5) is 4.56. The number of pyridine rings is 1. The molecule has 0 saturated heterocycles. The molecule has 1 aromatic rings. The van der Waals surface area contributed by atoms with Crippen LogP contribution in [0.15, 0.2) is 12.1 Å². The van der Waals surface area contributed by atoms with Gasteiger partial charge in [-0.2, -0.15) is 0 Å². The van der Waals surface area contributed by atoms with Crippen molar-refractivity contribution in [1.29, 1.82) is 0 Å². The third-order valence-electron chi connectivity index (χ3n) is 2.72. The molecule has 0 saturated carbocycles. The minimum absolute atomic E-state index is 0.0805. The van der Waals surface area contributed by atoms with Crippen LogP contribution >= 0.6 is 0 Å². The summed E-state index contributed by atoms with van der Waals surface area (Å²) in [5.74, 6) is 0.924. The number of aliphatic hydroxyl groups is 1. The molecule has 2 rings (SSSR count). The van der Waals surface area contributed by atoms with E-state index in [9.17, 15) is 0 Å². The SMILES string of the molecule is OCCOCCNc1ccc2c(n1)CCC2. The fourth-order valence-electron chi connectivity index (χ4n) is 1.94. The highest BCUT2D eigenvalue weighted by molar-refractivity contribution is 5.40. The van der Waals surface area contributed by atoms with Gasteiger partial charge >= 0.3 is 0 Å². The second kappa shape index (κ2) is 5.82. The van der Waals surface area contributed by atoms with Crippen molar-refractivity contribution >= 4 is 5.82 Å². The maximum atomic E-state index is 8.53. The number of anilines is 1. The van der Waals surface area contributed by atoms with E-state index >= 15 is 0 Å². The second-order valence-corrected chi connectivity index (χ2v) is 3.92. The van der Waals surface area contributed by atoms with Crippen molar-refractivity contribution in [3.63, 3.8) is 0 Å². The van der Waals surface area contributed by atoms with Crippen LogP contribution in [-0.2, 0) is 17.6 Å². The summed E-state index contributed by atoms with van der Waals surface area (Å²) in [7, 11) is 0. The lowest BCUT2D eigenvalue weighted by atomic mass is 10.2. The molecule has 0 spiro atoms. The minimum atomic E-state index is 0.0805.